The third-order valence-corrected chi connectivity index (χ3v) is 7.11. The van der Waals surface area contributed by atoms with Gasteiger partial charge in [0.2, 0.25) is 5.75 Å². The molecule has 0 saturated heterocycles. The molecule has 0 bridgehead atoms. The third-order valence-electron chi connectivity index (χ3n) is 7.11. The van der Waals surface area contributed by atoms with Crippen LogP contribution in [0.5, 0.6) is 17.2 Å². The number of aryl methyl sites for hydroxylation is 1. The Morgan fingerprint density at radius 3 is 2.10 bits per heavy atom. The van der Waals surface area contributed by atoms with Crippen LogP contribution < -0.4 is 19.8 Å². The molecule has 0 spiro atoms. The summed E-state index contributed by atoms with van der Waals surface area (Å²) < 4.78 is 20.6. The standard InChI is InChI=1S/C37H43NO4/c1-5-6-23-38-34-25-32(41-26-30-16-9-7-10-17-30)20-21-33(34)35(42-27-31-18-11-8-12-19-31)36(37(38)39)40-24-22-29(4)15-13-14-28(2)3/h7-12,14,16-22,25H,5-6,13,15,23-24,26-27H2,1-4H3/b29-22+. The summed E-state index contributed by atoms with van der Waals surface area (Å²) in [6, 6.07) is 25.9. The van der Waals surface area contributed by atoms with E-state index in [-0.39, 0.29) is 11.3 Å². The predicted molar refractivity (Wildman–Crippen MR) is 173 cm³/mol. The molecule has 0 amide bonds. The molecule has 220 valence electrons. The molecule has 42 heavy (non-hydrogen) atoms. The summed E-state index contributed by atoms with van der Waals surface area (Å²) in [7, 11) is 0. The molecule has 0 aliphatic carbocycles. The summed E-state index contributed by atoms with van der Waals surface area (Å²) in [5, 5.41) is 0.827. The Morgan fingerprint density at radius 1 is 0.786 bits per heavy atom. The highest BCUT2D eigenvalue weighted by Gasteiger charge is 2.20. The lowest BCUT2D eigenvalue weighted by Crippen LogP contribution is -2.24. The van der Waals surface area contributed by atoms with Crippen LogP contribution >= 0.6 is 0 Å². The first-order chi connectivity index (χ1) is 20.5. The van der Waals surface area contributed by atoms with Crippen molar-refractivity contribution in [3.05, 3.63) is 124 Å². The maximum absolute atomic E-state index is 14.0. The molecule has 0 saturated carbocycles. The maximum Gasteiger partial charge on any atom is 0.297 e. The number of pyridine rings is 1. The highest BCUT2D eigenvalue weighted by Crippen LogP contribution is 2.36. The minimum atomic E-state index is -0.185. The van der Waals surface area contributed by atoms with Gasteiger partial charge < -0.3 is 18.8 Å². The minimum absolute atomic E-state index is 0.185. The molecular weight excluding hydrogens is 522 g/mol. The molecule has 4 aromatic rings. The number of allylic oxidation sites excluding steroid dienone is 3. The van der Waals surface area contributed by atoms with E-state index in [4.69, 9.17) is 14.2 Å². The van der Waals surface area contributed by atoms with Gasteiger partial charge in [0.1, 0.15) is 25.6 Å². The van der Waals surface area contributed by atoms with E-state index < -0.39 is 0 Å². The van der Waals surface area contributed by atoms with Crippen molar-refractivity contribution in [1.82, 2.24) is 4.57 Å². The fraction of sp³-hybridized carbons (Fsp3) is 0.324. The van der Waals surface area contributed by atoms with Crippen LogP contribution in [-0.2, 0) is 19.8 Å². The van der Waals surface area contributed by atoms with Gasteiger partial charge in [-0.3, -0.25) is 4.79 Å². The number of aromatic nitrogens is 1. The van der Waals surface area contributed by atoms with Gasteiger partial charge in [-0.1, -0.05) is 91.2 Å². The molecule has 0 radical (unpaired) electrons. The van der Waals surface area contributed by atoms with Crippen LogP contribution in [-0.4, -0.2) is 11.2 Å². The van der Waals surface area contributed by atoms with Gasteiger partial charge in [0.25, 0.3) is 5.56 Å². The topological polar surface area (TPSA) is 49.7 Å². The number of hydrogen-bond acceptors (Lipinski definition) is 4. The fourth-order valence-electron chi connectivity index (χ4n) is 4.71. The summed E-state index contributed by atoms with van der Waals surface area (Å²) in [6.07, 6.45) is 8.08. The van der Waals surface area contributed by atoms with Crippen molar-refractivity contribution in [2.24, 2.45) is 0 Å². The van der Waals surface area contributed by atoms with Crippen molar-refractivity contribution in [3.8, 4) is 17.2 Å². The highest BCUT2D eigenvalue weighted by atomic mass is 16.5. The van der Waals surface area contributed by atoms with E-state index in [0.29, 0.717) is 37.9 Å². The van der Waals surface area contributed by atoms with Crippen molar-refractivity contribution < 1.29 is 14.2 Å². The summed E-state index contributed by atoms with van der Waals surface area (Å²) in [5.41, 5.74) is 5.24. The predicted octanol–water partition coefficient (Wildman–Crippen LogP) is 9.03. The van der Waals surface area contributed by atoms with Crippen LogP contribution in [0.4, 0.5) is 0 Å². The first kappa shape index (κ1) is 30.7. The normalized spacial score (nSPS) is 11.4. The van der Waals surface area contributed by atoms with E-state index in [2.05, 4.69) is 39.8 Å². The Bertz CT molecular complexity index is 1550. The lowest BCUT2D eigenvalue weighted by atomic mass is 10.1. The minimum Gasteiger partial charge on any atom is -0.489 e. The molecule has 0 unspecified atom stereocenters. The summed E-state index contributed by atoms with van der Waals surface area (Å²) in [4.78, 5) is 14.0. The Hall–Kier alpha value is -4.25. The Kier molecular flexibility index (Phi) is 11.5. The molecule has 0 fully saturated rings. The number of ether oxygens (including phenoxy) is 3. The lowest BCUT2D eigenvalue weighted by molar-refractivity contribution is 0.274. The number of fused-ring (bicyclic) bond motifs is 1. The van der Waals surface area contributed by atoms with Gasteiger partial charge in [0.15, 0.2) is 5.75 Å². The van der Waals surface area contributed by atoms with Crippen molar-refractivity contribution >= 4 is 10.9 Å². The number of rotatable bonds is 15. The first-order valence-corrected chi connectivity index (χ1v) is 14.9. The van der Waals surface area contributed by atoms with Crippen molar-refractivity contribution in [2.45, 2.75) is 73.1 Å². The number of nitrogens with zero attached hydrogens (tertiary/aromatic N) is 1. The number of hydrogen-bond donors (Lipinski definition) is 0. The van der Waals surface area contributed by atoms with E-state index in [1.54, 1.807) is 0 Å². The molecule has 1 heterocycles. The van der Waals surface area contributed by atoms with Crippen LogP contribution in [0.3, 0.4) is 0 Å². The van der Waals surface area contributed by atoms with Crippen LogP contribution in [0.25, 0.3) is 10.9 Å². The average molecular weight is 566 g/mol. The van der Waals surface area contributed by atoms with Gasteiger partial charge in [0, 0.05) is 18.0 Å². The van der Waals surface area contributed by atoms with Gasteiger partial charge in [-0.25, -0.2) is 0 Å². The smallest absolute Gasteiger partial charge is 0.297 e. The van der Waals surface area contributed by atoms with Gasteiger partial charge in [-0.2, -0.15) is 0 Å². The summed E-state index contributed by atoms with van der Waals surface area (Å²) in [6.45, 7) is 10.1. The van der Waals surface area contributed by atoms with E-state index >= 15 is 0 Å². The monoisotopic (exact) mass is 565 g/mol. The number of unbranched alkanes of at least 4 members (excludes halogenated alkanes) is 1. The Labute approximate surface area is 250 Å². The summed E-state index contributed by atoms with van der Waals surface area (Å²) in [5.74, 6) is 1.42. The highest BCUT2D eigenvalue weighted by molar-refractivity contribution is 5.89. The quantitative estimate of drug-likeness (QED) is 0.135. The summed E-state index contributed by atoms with van der Waals surface area (Å²) >= 11 is 0. The first-order valence-electron chi connectivity index (χ1n) is 14.9. The van der Waals surface area contributed by atoms with E-state index in [1.165, 1.54) is 11.1 Å². The molecule has 5 nitrogen and oxygen atoms in total. The largest absolute Gasteiger partial charge is 0.489 e. The molecule has 0 atom stereocenters. The van der Waals surface area contributed by atoms with Gasteiger partial charge in [-0.05, 0) is 69.4 Å². The van der Waals surface area contributed by atoms with Crippen LogP contribution in [0.1, 0.15) is 64.5 Å². The van der Waals surface area contributed by atoms with Crippen molar-refractivity contribution in [3.63, 3.8) is 0 Å². The van der Waals surface area contributed by atoms with Gasteiger partial charge in [-0.15, -0.1) is 0 Å². The zero-order valence-corrected chi connectivity index (χ0v) is 25.4. The average Bonchev–Trinajstić information content (AvgIpc) is 3.00. The molecule has 5 heteroatoms. The zero-order chi connectivity index (χ0) is 29.7. The Morgan fingerprint density at radius 2 is 1.45 bits per heavy atom. The second-order valence-electron chi connectivity index (χ2n) is 10.9. The molecule has 1 aromatic heterocycles. The van der Waals surface area contributed by atoms with E-state index in [1.807, 2.05) is 83.4 Å². The molecule has 4 rings (SSSR count). The maximum atomic E-state index is 14.0. The molecule has 3 aromatic carbocycles. The van der Waals surface area contributed by atoms with Crippen LogP contribution in [0.15, 0.2) is 107 Å². The molecule has 0 aliphatic heterocycles. The van der Waals surface area contributed by atoms with Crippen molar-refractivity contribution in [1.29, 1.82) is 0 Å². The van der Waals surface area contributed by atoms with Crippen LogP contribution in [0.2, 0.25) is 0 Å². The SMILES string of the molecule is CCCCn1c(=O)c(OC/C=C(\C)CCC=C(C)C)c(OCc2ccccc2)c2ccc(OCc3ccccc3)cc21. The van der Waals surface area contributed by atoms with Gasteiger partial charge >= 0.3 is 0 Å². The van der Waals surface area contributed by atoms with Crippen molar-refractivity contribution in [2.75, 3.05) is 6.61 Å². The molecule has 0 aliphatic rings. The molecular formula is C37H43NO4. The van der Waals surface area contributed by atoms with E-state index in [0.717, 1.165) is 47.7 Å². The molecule has 0 N–H and O–H groups in total. The fourth-order valence-corrected chi connectivity index (χ4v) is 4.71. The van der Waals surface area contributed by atoms with Crippen LogP contribution in [0, 0.1) is 0 Å². The second-order valence-corrected chi connectivity index (χ2v) is 10.9. The van der Waals surface area contributed by atoms with Gasteiger partial charge in [0.05, 0.1) is 5.52 Å². The third kappa shape index (κ3) is 8.62. The zero-order valence-electron chi connectivity index (χ0n) is 25.4. The second kappa shape index (κ2) is 15.7. The lowest BCUT2D eigenvalue weighted by Gasteiger charge is -2.19. The number of benzene rings is 3. The Balaban J connectivity index is 1.71. The van der Waals surface area contributed by atoms with E-state index in [9.17, 15) is 4.79 Å².